The normalized spacial score (nSPS) is 13.1. The van der Waals surface area contributed by atoms with Crippen molar-refractivity contribution in [3.63, 3.8) is 0 Å². The van der Waals surface area contributed by atoms with Crippen molar-refractivity contribution in [1.82, 2.24) is 10.2 Å². The number of thiophene rings is 1. The number of nitrogens with zero attached hydrogens (tertiary/aromatic N) is 1. The topological polar surface area (TPSA) is 24.5 Å². The van der Waals surface area contributed by atoms with Crippen LogP contribution >= 0.6 is 11.3 Å². The van der Waals surface area contributed by atoms with Crippen molar-refractivity contribution in [1.29, 1.82) is 0 Å². The van der Waals surface area contributed by atoms with Crippen LogP contribution in [-0.4, -0.2) is 44.8 Å². The van der Waals surface area contributed by atoms with Crippen LogP contribution in [0.1, 0.15) is 31.2 Å². The lowest BCUT2D eigenvalue weighted by Gasteiger charge is -2.23. The largest absolute Gasteiger partial charge is 0.382 e. The second-order valence-electron chi connectivity index (χ2n) is 4.47. The quantitative estimate of drug-likeness (QED) is 0.662. The molecule has 1 heterocycles. The zero-order valence-corrected chi connectivity index (χ0v) is 12.6. The molecule has 1 atom stereocenters. The van der Waals surface area contributed by atoms with E-state index in [9.17, 15) is 0 Å². The van der Waals surface area contributed by atoms with Crippen LogP contribution in [0, 0.1) is 0 Å². The van der Waals surface area contributed by atoms with E-state index < -0.39 is 0 Å². The first-order chi connectivity index (χ1) is 8.75. The standard InChI is InChI=1S/C14H26N2OS/c1-4-17-11-6-8-15-9-10-16(3)13(2)14-7-5-12-18-14/h5,7,12-13,15H,4,6,8-11H2,1-3H3. The summed E-state index contributed by atoms with van der Waals surface area (Å²) >= 11 is 1.83. The molecular weight excluding hydrogens is 244 g/mol. The highest BCUT2D eigenvalue weighted by Crippen LogP contribution is 2.22. The molecule has 1 unspecified atom stereocenters. The summed E-state index contributed by atoms with van der Waals surface area (Å²) in [5, 5.41) is 5.60. The molecule has 0 fully saturated rings. The molecule has 1 aromatic rings. The van der Waals surface area contributed by atoms with Crippen LogP contribution in [-0.2, 0) is 4.74 Å². The van der Waals surface area contributed by atoms with E-state index in [1.54, 1.807) is 0 Å². The van der Waals surface area contributed by atoms with E-state index in [0.717, 1.165) is 39.3 Å². The van der Waals surface area contributed by atoms with Crippen LogP contribution in [0.5, 0.6) is 0 Å². The Balaban J connectivity index is 2.05. The summed E-state index contributed by atoms with van der Waals surface area (Å²) in [7, 11) is 2.19. The number of hydrogen-bond donors (Lipinski definition) is 1. The third kappa shape index (κ3) is 5.96. The summed E-state index contributed by atoms with van der Waals surface area (Å²) < 4.78 is 5.30. The Bertz CT molecular complexity index is 290. The van der Waals surface area contributed by atoms with Gasteiger partial charge in [0.25, 0.3) is 0 Å². The van der Waals surface area contributed by atoms with E-state index in [4.69, 9.17) is 4.74 Å². The molecule has 18 heavy (non-hydrogen) atoms. The minimum atomic E-state index is 0.509. The van der Waals surface area contributed by atoms with Gasteiger partial charge in [-0.2, -0.15) is 0 Å². The van der Waals surface area contributed by atoms with E-state index in [-0.39, 0.29) is 0 Å². The van der Waals surface area contributed by atoms with Gasteiger partial charge in [-0.05, 0) is 45.3 Å². The third-order valence-electron chi connectivity index (χ3n) is 3.10. The molecule has 0 spiro atoms. The van der Waals surface area contributed by atoms with Crippen molar-refractivity contribution in [3.8, 4) is 0 Å². The highest BCUT2D eigenvalue weighted by atomic mass is 32.1. The van der Waals surface area contributed by atoms with Gasteiger partial charge in [-0.15, -0.1) is 11.3 Å². The molecule has 0 aromatic carbocycles. The maximum atomic E-state index is 5.30. The maximum Gasteiger partial charge on any atom is 0.0477 e. The molecular formula is C14H26N2OS. The van der Waals surface area contributed by atoms with E-state index in [0.29, 0.717) is 6.04 Å². The van der Waals surface area contributed by atoms with Gasteiger partial charge in [0.05, 0.1) is 0 Å². The van der Waals surface area contributed by atoms with Crippen LogP contribution in [0.3, 0.4) is 0 Å². The molecule has 0 aliphatic heterocycles. The first-order valence-electron chi connectivity index (χ1n) is 6.77. The molecule has 0 aliphatic carbocycles. The molecule has 1 rings (SSSR count). The molecule has 3 nitrogen and oxygen atoms in total. The molecule has 4 heteroatoms. The molecule has 1 aromatic heterocycles. The smallest absolute Gasteiger partial charge is 0.0477 e. The highest BCUT2D eigenvalue weighted by molar-refractivity contribution is 7.10. The van der Waals surface area contributed by atoms with E-state index in [1.807, 2.05) is 18.3 Å². The summed E-state index contributed by atoms with van der Waals surface area (Å²) in [4.78, 5) is 3.83. The Kier molecular flexibility index (Phi) is 8.25. The number of hydrogen-bond acceptors (Lipinski definition) is 4. The van der Waals surface area contributed by atoms with Gasteiger partial charge >= 0.3 is 0 Å². The van der Waals surface area contributed by atoms with Gasteiger partial charge in [0.2, 0.25) is 0 Å². The van der Waals surface area contributed by atoms with Crippen LogP contribution in [0.4, 0.5) is 0 Å². The van der Waals surface area contributed by atoms with Gasteiger partial charge in [-0.3, -0.25) is 4.90 Å². The molecule has 1 N–H and O–H groups in total. The number of nitrogens with one attached hydrogen (secondary N) is 1. The molecule has 104 valence electrons. The van der Waals surface area contributed by atoms with Gasteiger partial charge in [0.15, 0.2) is 0 Å². The van der Waals surface area contributed by atoms with Crippen molar-refractivity contribution in [3.05, 3.63) is 22.4 Å². The predicted octanol–water partition coefficient (Wildman–Crippen LogP) is 2.76. The average Bonchev–Trinajstić information content (AvgIpc) is 2.90. The molecule has 0 saturated heterocycles. The lowest BCUT2D eigenvalue weighted by Crippen LogP contribution is -2.31. The van der Waals surface area contributed by atoms with Gasteiger partial charge in [0, 0.05) is 37.2 Å². The Morgan fingerprint density at radius 3 is 2.94 bits per heavy atom. The minimum Gasteiger partial charge on any atom is -0.382 e. The molecule has 0 bridgehead atoms. The number of likely N-dealkylation sites (N-methyl/N-ethyl adjacent to an activating group) is 1. The fourth-order valence-electron chi connectivity index (χ4n) is 1.76. The lowest BCUT2D eigenvalue weighted by molar-refractivity contribution is 0.144. The van der Waals surface area contributed by atoms with Crippen molar-refractivity contribution < 1.29 is 4.74 Å². The van der Waals surface area contributed by atoms with Crippen LogP contribution in [0.25, 0.3) is 0 Å². The Hall–Kier alpha value is -0.420. The van der Waals surface area contributed by atoms with E-state index in [2.05, 4.69) is 41.7 Å². The second-order valence-corrected chi connectivity index (χ2v) is 5.45. The Morgan fingerprint density at radius 1 is 1.44 bits per heavy atom. The summed E-state index contributed by atoms with van der Waals surface area (Å²) in [6, 6.07) is 4.84. The van der Waals surface area contributed by atoms with Crippen LogP contribution in [0.2, 0.25) is 0 Å². The fraction of sp³-hybridized carbons (Fsp3) is 0.714. The van der Waals surface area contributed by atoms with Gasteiger partial charge < -0.3 is 10.1 Å². The van der Waals surface area contributed by atoms with Gasteiger partial charge in [0.1, 0.15) is 0 Å². The van der Waals surface area contributed by atoms with Crippen molar-refractivity contribution in [2.24, 2.45) is 0 Å². The monoisotopic (exact) mass is 270 g/mol. The summed E-state index contributed by atoms with van der Waals surface area (Å²) in [6.07, 6.45) is 1.10. The molecule has 0 radical (unpaired) electrons. The summed E-state index contributed by atoms with van der Waals surface area (Å²) in [5.74, 6) is 0. The van der Waals surface area contributed by atoms with E-state index in [1.165, 1.54) is 4.88 Å². The first kappa shape index (κ1) is 15.6. The SMILES string of the molecule is CCOCCCNCCN(C)C(C)c1cccs1. The second kappa shape index (κ2) is 9.50. The zero-order chi connectivity index (χ0) is 13.2. The highest BCUT2D eigenvalue weighted by Gasteiger charge is 2.11. The van der Waals surface area contributed by atoms with Crippen LogP contribution in [0.15, 0.2) is 17.5 Å². The average molecular weight is 270 g/mol. The Labute approximate surface area is 115 Å². The zero-order valence-electron chi connectivity index (χ0n) is 11.8. The maximum absolute atomic E-state index is 5.30. The number of ether oxygens (including phenoxy) is 1. The van der Waals surface area contributed by atoms with Gasteiger partial charge in [-0.25, -0.2) is 0 Å². The first-order valence-corrected chi connectivity index (χ1v) is 7.65. The van der Waals surface area contributed by atoms with Crippen molar-refractivity contribution >= 4 is 11.3 Å². The van der Waals surface area contributed by atoms with Crippen molar-refractivity contribution in [2.45, 2.75) is 26.3 Å². The minimum absolute atomic E-state index is 0.509. The van der Waals surface area contributed by atoms with Gasteiger partial charge in [-0.1, -0.05) is 6.07 Å². The van der Waals surface area contributed by atoms with Crippen LogP contribution < -0.4 is 5.32 Å². The lowest BCUT2D eigenvalue weighted by atomic mass is 10.2. The molecule has 0 saturated carbocycles. The summed E-state index contributed by atoms with van der Waals surface area (Å²) in [5.41, 5.74) is 0. The van der Waals surface area contributed by atoms with E-state index >= 15 is 0 Å². The fourth-order valence-corrected chi connectivity index (χ4v) is 2.61. The molecule has 0 amide bonds. The van der Waals surface area contributed by atoms with Crippen molar-refractivity contribution in [2.75, 3.05) is 39.9 Å². The third-order valence-corrected chi connectivity index (χ3v) is 4.15. The number of rotatable bonds is 10. The Morgan fingerprint density at radius 2 is 2.28 bits per heavy atom. The predicted molar refractivity (Wildman–Crippen MR) is 79.3 cm³/mol. The molecule has 0 aliphatic rings. The summed E-state index contributed by atoms with van der Waals surface area (Å²) in [6.45, 7) is 9.15.